The molecule has 0 atom stereocenters. The molecule has 140 valence electrons. The monoisotopic (exact) mass is 369 g/mol. The Balaban J connectivity index is 1.95. The normalized spacial score (nSPS) is 10.5. The van der Waals surface area contributed by atoms with Gasteiger partial charge in [-0.05, 0) is 29.8 Å². The number of methoxy groups -OCH3 is 1. The van der Waals surface area contributed by atoms with Gasteiger partial charge in [0.2, 0.25) is 0 Å². The zero-order valence-corrected chi connectivity index (χ0v) is 14.2. The van der Waals surface area contributed by atoms with Gasteiger partial charge in [-0.25, -0.2) is 4.39 Å². The number of amides is 1. The van der Waals surface area contributed by atoms with Crippen molar-refractivity contribution >= 4 is 5.91 Å². The number of carbonyl (C=O) groups is 1. The lowest BCUT2D eigenvalue weighted by molar-refractivity contribution is -0.132. The maximum Gasteiger partial charge on any atom is 0.387 e. The molecule has 0 saturated carbocycles. The first-order valence-corrected chi connectivity index (χ1v) is 7.63. The second kappa shape index (κ2) is 8.98. The van der Waals surface area contributed by atoms with Gasteiger partial charge in [0, 0.05) is 19.7 Å². The van der Waals surface area contributed by atoms with Crippen LogP contribution in [0.15, 0.2) is 42.5 Å². The fourth-order valence-corrected chi connectivity index (χ4v) is 2.18. The highest BCUT2D eigenvalue weighted by molar-refractivity contribution is 5.77. The van der Waals surface area contributed by atoms with E-state index < -0.39 is 12.4 Å². The molecule has 0 fully saturated rings. The van der Waals surface area contributed by atoms with Gasteiger partial charge in [-0.2, -0.15) is 8.78 Å². The molecule has 1 amide bonds. The Morgan fingerprint density at radius 2 is 1.92 bits per heavy atom. The molecule has 0 aliphatic heterocycles. The topological polar surface area (TPSA) is 48.0 Å². The Hall–Kier alpha value is -2.90. The molecule has 0 bridgehead atoms. The number of halogens is 3. The molecule has 0 heterocycles. The van der Waals surface area contributed by atoms with Crippen LogP contribution in [0.2, 0.25) is 0 Å². The van der Waals surface area contributed by atoms with E-state index in [9.17, 15) is 18.0 Å². The van der Waals surface area contributed by atoms with Crippen molar-refractivity contribution in [2.75, 3.05) is 20.8 Å². The molecule has 5 nitrogen and oxygen atoms in total. The SMILES string of the molecule is COc1cc(CN(C)C(=O)COc2cccc(F)c2)ccc1OC(F)F. The zero-order chi connectivity index (χ0) is 19.1. The van der Waals surface area contributed by atoms with Gasteiger partial charge in [-0.15, -0.1) is 0 Å². The minimum atomic E-state index is -2.96. The van der Waals surface area contributed by atoms with E-state index in [0.717, 1.165) is 0 Å². The van der Waals surface area contributed by atoms with Gasteiger partial charge in [0.1, 0.15) is 11.6 Å². The third kappa shape index (κ3) is 5.58. The first-order valence-electron chi connectivity index (χ1n) is 7.63. The van der Waals surface area contributed by atoms with E-state index in [0.29, 0.717) is 5.56 Å². The molecule has 0 N–H and O–H groups in total. The van der Waals surface area contributed by atoms with Crippen LogP contribution in [0.1, 0.15) is 5.56 Å². The Kier molecular flexibility index (Phi) is 6.71. The second-order valence-electron chi connectivity index (χ2n) is 5.36. The van der Waals surface area contributed by atoms with Crippen LogP contribution in [0.3, 0.4) is 0 Å². The molecule has 8 heteroatoms. The number of hydrogen-bond acceptors (Lipinski definition) is 4. The highest BCUT2D eigenvalue weighted by Gasteiger charge is 2.14. The molecule has 0 unspecified atom stereocenters. The Morgan fingerprint density at radius 1 is 1.15 bits per heavy atom. The summed E-state index contributed by atoms with van der Waals surface area (Å²) in [5, 5.41) is 0. The molecule has 26 heavy (non-hydrogen) atoms. The Morgan fingerprint density at radius 3 is 2.58 bits per heavy atom. The number of carbonyl (C=O) groups excluding carboxylic acids is 1. The van der Waals surface area contributed by atoms with E-state index in [1.54, 1.807) is 19.2 Å². The Bertz CT molecular complexity index is 755. The minimum Gasteiger partial charge on any atom is -0.493 e. The maximum atomic E-state index is 13.1. The minimum absolute atomic E-state index is 0.0883. The van der Waals surface area contributed by atoms with E-state index in [2.05, 4.69) is 4.74 Å². The van der Waals surface area contributed by atoms with Crippen molar-refractivity contribution in [3.05, 3.63) is 53.8 Å². The summed E-state index contributed by atoms with van der Waals surface area (Å²) in [6.45, 7) is -3.01. The smallest absolute Gasteiger partial charge is 0.387 e. The lowest BCUT2D eigenvalue weighted by Crippen LogP contribution is -2.31. The quantitative estimate of drug-likeness (QED) is 0.715. The van der Waals surface area contributed by atoms with E-state index in [1.165, 1.54) is 42.3 Å². The van der Waals surface area contributed by atoms with Crippen LogP contribution in [0.25, 0.3) is 0 Å². The summed E-state index contributed by atoms with van der Waals surface area (Å²) in [4.78, 5) is 13.5. The number of benzene rings is 2. The van der Waals surface area contributed by atoms with Crippen LogP contribution < -0.4 is 14.2 Å². The lowest BCUT2D eigenvalue weighted by Gasteiger charge is -2.18. The third-order valence-corrected chi connectivity index (χ3v) is 3.45. The molecule has 0 aliphatic rings. The molecule has 0 aliphatic carbocycles. The standard InChI is InChI=1S/C18H18F3NO4/c1-22(17(23)11-25-14-5-3-4-13(19)9-14)10-12-6-7-15(26-18(20)21)16(8-12)24-2/h3-9,18H,10-11H2,1-2H3. The summed E-state index contributed by atoms with van der Waals surface area (Å²) in [6.07, 6.45) is 0. The highest BCUT2D eigenvalue weighted by atomic mass is 19.3. The molecule has 2 aromatic rings. The largest absolute Gasteiger partial charge is 0.493 e. The van der Waals surface area contributed by atoms with Crippen LogP contribution in [0, 0.1) is 5.82 Å². The van der Waals surface area contributed by atoms with E-state index in [-0.39, 0.29) is 36.3 Å². The highest BCUT2D eigenvalue weighted by Crippen LogP contribution is 2.29. The predicted octanol–water partition coefficient (Wildman–Crippen LogP) is 3.47. The van der Waals surface area contributed by atoms with Crippen molar-refractivity contribution in [3.63, 3.8) is 0 Å². The fourth-order valence-electron chi connectivity index (χ4n) is 2.18. The van der Waals surface area contributed by atoms with Crippen molar-refractivity contribution in [1.29, 1.82) is 0 Å². The van der Waals surface area contributed by atoms with Crippen LogP contribution in [-0.2, 0) is 11.3 Å². The van der Waals surface area contributed by atoms with Crippen molar-refractivity contribution in [3.8, 4) is 17.2 Å². The average molecular weight is 369 g/mol. The van der Waals surface area contributed by atoms with Gasteiger partial charge in [0.05, 0.1) is 7.11 Å². The van der Waals surface area contributed by atoms with Gasteiger partial charge < -0.3 is 19.1 Å². The number of nitrogens with zero attached hydrogens (tertiary/aromatic N) is 1. The summed E-state index contributed by atoms with van der Waals surface area (Å²) in [7, 11) is 2.90. The molecule has 0 saturated heterocycles. The van der Waals surface area contributed by atoms with E-state index in [4.69, 9.17) is 9.47 Å². The number of likely N-dealkylation sites (N-methyl/N-ethyl adjacent to an activating group) is 1. The number of alkyl halides is 2. The molecule has 0 aromatic heterocycles. The molecular formula is C18H18F3NO4. The molecule has 2 rings (SSSR count). The van der Waals surface area contributed by atoms with Crippen molar-refractivity contribution < 1.29 is 32.2 Å². The van der Waals surface area contributed by atoms with Crippen LogP contribution in [0.4, 0.5) is 13.2 Å². The van der Waals surface area contributed by atoms with Gasteiger partial charge in [-0.3, -0.25) is 4.79 Å². The predicted molar refractivity (Wildman–Crippen MR) is 88.0 cm³/mol. The average Bonchev–Trinajstić information content (AvgIpc) is 2.60. The molecule has 2 aromatic carbocycles. The van der Waals surface area contributed by atoms with Crippen LogP contribution in [0.5, 0.6) is 17.2 Å². The van der Waals surface area contributed by atoms with E-state index in [1.807, 2.05) is 0 Å². The van der Waals surface area contributed by atoms with Gasteiger partial charge >= 0.3 is 6.61 Å². The Labute approximate surface area is 148 Å². The number of ether oxygens (including phenoxy) is 3. The fraction of sp³-hybridized carbons (Fsp3) is 0.278. The molecule has 0 radical (unpaired) electrons. The van der Waals surface area contributed by atoms with Gasteiger partial charge in [0.15, 0.2) is 18.1 Å². The number of rotatable bonds is 8. The lowest BCUT2D eigenvalue weighted by atomic mass is 10.2. The van der Waals surface area contributed by atoms with E-state index >= 15 is 0 Å². The number of hydrogen-bond donors (Lipinski definition) is 0. The zero-order valence-electron chi connectivity index (χ0n) is 14.2. The second-order valence-corrected chi connectivity index (χ2v) is 5.36. The molecule has 0 spiro atoms. The van der Waals surface area contributed by atoms with Gasteiger partial charge in [0.25, 0.3) is 5.91 Å². The maximum absolute atomic E-state index is 13.1. The van der Waals surface area contributed by atoms with Crippen LogP contribution >= 0.6 is 0 Å². The van der Waals surface area contributed by atoms with Gasteiger partial charge in [-0.1, -0.05) is 12.1 Å². The van der Waals surface area contributed by atoms with Crippen molar-refractivity contribution in [2.24, 2.45) is 0 Å². The first-order chi connectivity index (χ1) is 12.4. The van der Waals surface area contributed by atoms with Crippen LogP contribution in [-0.4, -0.2) is 38.2 Å². The van der Waals surface area contributed by atoms with Crippen molar-refractivity contribution in [1.82, 2.24) is 4.90 Å². The summed E-state index contributed by atoms with van der Waals surface area (Å²) in [5.41, 5.74) is 0.657. The third-order valence-electron chi connectivity index (χ3n) is 3.45. The summed E-state index contributed by atoms with van der Waals surface area (Å²) in [6, 6.07) is 9.89. The van der Waals surface area contributed by atoms with Crippen molar-refractivity contribution in [2.45, 2.75) is 13.2 Å². The first kappa shape index (κ1) is 19.4. The molecular weight excluding hydrogens is 351 g/mol. The summed E-state index contributed by atoms with van der Waals surface area (Å²) < 4.78 is 52.4. The summed E-state index contributed by atoms with van der Waals surface area (Å²) in [5.74, 6) is -0.487. The summed E-state index contributed by atoms with van der Waals surface area (Å²) >= 11 is 0.